The molecule has 1 fully saturated rings. The van der Waals surface area contributed by atoms with Gasteiger partial charge in [0.25, 0.3) is 0 Å². The minimum Gasteiger partial charge on any atom is -0.344 e. The number of nitrogens with one attached hydrogen (secondary N) is 1. The summed E-state index contributed by atoms with van der Waals surface area (Å²) in [6.07, 6.45) is 1.01. The van der Waals surface area contributed by atoms with Gasteiger partial charge in [-0.25, -0.2) is 4.39 Å². The second-order valence-electron chi connectivity index (χ2n) is 5.60. The fourth-order valence-corrected chi connectivity index (χ4v) is 2.43. The molecule has 1 aromatic carbocycles. The van der Waals surface area contributed by atoms with Gasteiger partial charge in [-0.05, 0) is 30.5 Å². The molecule has 4 nitrogen and oxygen atoms in total. The number of rotatable bonds is 3. The molecular weight excluding hydrogens is 271 g/mol. The molecule has 1 heterocycles. The molecule has 1 aliphatic rings. The molecule has 21 heavy (non-hydrogen) atoms. The van der Waals surface area contributed by atoms with Crippen molar-refractivity contribution in [2.45, 2.75) is 39.7 Å². The lowest BCUT2D eigenvalue weighted by Gasteiger charge is -2.27. The summed E-state index contributed by atoms with van der Waals surface area (Å²) in [5.74, 6) is -0.608. The van der Waals surface area contributed by atoms with Crippen LogP contribution in [0.2, 0.25) is 0 Å². The van der Waals surface area contributed by atoms with Gasteiger partial charge in [-0.1, -0.05) is 26.3 Å². The van der Waals surface area contributed by atoms with Crippen molar-refractivity contribution in [1.29, 1.82) is 0 Å². The lowest BCUT2D eigenvalue weighted by atomic mass is 9.98. The summed E-state index contributed by atoms with van der Waals surface area (Å²) < 4.78 is 13.7. The number of hydrogen-bond acceptors (Lipinski definition) is 2. The number of carbonyl (C=O) groups excluding carboxylic acids is 2. The first-order valence-corrected chi connectivity index (χ1v) is 7.31. The van der Waals surface area contributed by atoms with Gasteiger partial charge < -0.3 is 10.2 Å². The van der Waals surface area contributed by atoms with Crippen LogP contribution in [-0.2, 0) is 9.59 Å². The summed E-state index contributed by atoms with van der Waals surface area (Å²) >= 11 is 0. The molecule has 5 heteroatoms. The van der Waals surface area contributed by atoms with Crippen LogP contribution in [0.5, 0.6) is 0 Å². The first-order chi connectivity index (χ1) is 9.93. The van der Waals surface area contributed by atoms with Gasteiger partial charge in [-0.3, -0.25) is 9.59 Å². The Kier molecular flexibility index (Phi) is 4.60. The van der Waals surface area contributed by atoms with Crippen LogP contribution < -0.4 is 10.2 Å². The third-order valence-corrected chi connectivity index (χ3v) is 4.09. The Balaban J connectivity index is 2.34. The number of anilines is 1. The molecule has 0 bridgehead atoms. The highest BCUT2D eigenvalue weighted by Gasteiger charge is 2.33. The topological polar surface area (TPSA) is 49.4 Å². The smallest absolute Gasteiger partial charge is 0.249 e. The third kappa shape index (κ3) is 3.23. The average molecular weight is 292 g/mol. The molecule has 0 aliphatic carbocycles. The predicted octanol–water partition coefficient (Wildman–Crippen LogP) is 2.40. The lowest BCUT2D eigenvalue weighted by molar-refractivity contribution is -0.126. The second-order valence-corrected chi connectivity index (χ2v) is 5.60. The predicted molar refractivity (Wildman–Crippen MR) is 79.5 cm³/mol. The third-order valence-electron chi connectivity index (χ3n) is 4.09. The summed E-state index contributed by atoms with van der Waals surface area (Å²) in [7, 11) is 0. The zero-order chi connectivity index (χ0) is 15.6. The Morgan fingerprint density at radius 2 is 2.14 bits per heavy atom. The van der Waals surface area contributed by atoms with Crippen molar-refractivity contribution in [3.05, 3.63) is 29.6 Å². The molecule has 1 aromatic rings. The van der Waals surface area contributed by atoms with Gasteiger partial charge in [0, 0.05) is 18.7 Å². The number of amides is 2. The average Bonchev–Trinajstić information content (AvgIpc) is 2.61. The van der Waals surface area contributed by atoms with Crippen molar-refractivity contribution in [3.63, 3.8) is 0 Å². The van der Waals surface area contributed by atoms with E-state index in [1.807, 2.05) is 13.8 Å². The van der Waals surface area contributed by atoms with Gasteiger partial charge in [-0.2, -0.15) is 0 Å². The van der Waals surface area contributed by atoms with E-state index in [2.05, 4.69) is 5.32 Å². The van der Waals surface area contributed by atoms with Crippen LogP contribution in [0, 0.1) is 18.7 Å². The highest BCUT2D eigenvalue weighted by atomic mass is 19.1. The Labute approximate surface area is 124 Å². The fraction of sp³-hybridized carbons (Fsp3) is 0.500. The largest absolute Gasteiger partial charge is 0.344 e. The maximum Gasteiger partial charge on any atom is 0.249 e. The van der Waals surface area contributed by atoms with Crippen LogP contribution in [0.1, 0.15) is 32.3 Å². The van der Waals surface area contributed by atoms with E-state index in [0.717, 1.165) is 6.42 Å². The number of nitrogens with zero attached hydrogens (tertiary/aromatic N) is 1. The van der Waals surface area contributed by atoms with E-state index in [1.165, 1.54) is 11.0 Å². The van der Waals surface area contributed by atoms with Crippen LogP contribution in [0.15, 0.2) is 18.2 Å². The molecular formula is C16H21FN2O2. The van der Waals surface area contributed by atoms with Gasteiger partial charge in [-0.15, -0.1) is 0 Å². The molecule has 2 unspecified atom stereocenters. The number of halogens is 1. The first-order valence-electron chi connectivity index (χ1n) is 7.31. The molecule has 1 N–H and O–H groups in total. The van der Waals surface area contributed by atoms with Crippen molar-refractivity contribution < 1.29 is 14.0 Å². The maximum atomic E-state index is 13.7. The van der Waals surface area contributed by atoms with Gasteiger partial charge >= 0.3 is 0 Å². The van der Waals surface area contributed by atoms with Gasteiger partial charge in [0.15, 0.2) is 0 Å². The molecule has 2 atom stereocenters. The lowest BCUT2D eigenvalue weighted by Crippen LogP contribution is -2.48. The zero-order valence-electron chi connectivity index (χ0n) is 12.6. The van der Waals surface area contributed by atoms with Gasteiger partial charge in [0.2, 0.25) is 11.8 Å². The van der Waals surface area contributed by atoms with E-state index in [-0.39, 0.29) is 36.5 Å². The van der Waals surface area contributed by atoms with E-state index >= 15 is 0 Å². The van der Waals surface area contributed by atoms with Gasteiger partial charge in [0.1, 0.15) is 11.9 Å². The minimum atomic E-state index is -0.547. The summed E-state index contributed by atoms with van der Waals surface area (Å²) in [5, 5.41) is 2.78. The molecule has 0 spiro atoms. The van der Waals surface area contributed by atoms with Crippen molar-refractivity contribution in [2.24, 2.45) is 5.92 Å². The Morgan fingerprint density at radius 3 is 2.76 bits per heavy atom. The van der Waals surface area contributed by atoms with E-state index in [4.69, 9.17) is 0 Å². The van der Waals surface area contributed by atoms with Gasteiger partial charge in [0.05, 0.1) is 0 Å². The summed E-state index contributed by atoms with van der Waals surface area (Å²) in [6, 6.07) is 4.18. The molecule has 2 amide bonds. The molecule has 114 valence electrons. The van der Waals surface area contributed by atoms with Crippen LogP contribution in [0.4, 0.5) is 10.1 Å². The summed E-state index contributed by atoms with van der Waals surface area (Å²) in [4.78, 5) is 26.0. The van der Waals surface area contributed by atoms with E-state index in [1.54, 1.807) is 19.1 Å². The fourth-order valence-electron chi connectivity index (χ4n) is 2.43. The number of benzene rings is 1. The molecule has 0 saturated carbocycles. The number of carbonyl (C=O) groups is 2. The molecule has 1 aliphatic heterocycles. The Hall–Kier alpha value is -1.91. The number of hydrogen-bond donors (Lipinski definition) is 1. The van der Waals surface area contributed by atoms with Crippen molar-refractivity contribution in [1.82, 2.24) is 5.32 Å². The van der Waals surface area contributed by atoms with E-state index in [0.29, 0.717) is 11.3 Å². The summed E-state index contributed by atoms with van der Waals surface area (Å²) in [5.41, 5.74) is 1.04. The van der Waals surface area contributed by atoms with Crippen molar-refractivity contribution in [3.8, 4) is 0 Å². The molecule has 2 rings (SSSR count). The van der Waals surface area contributed by atoms with Crippen LogP contribution >= 0.6 is 0 Å². The second kappa shape index (κ2) is 6.24. The normalized spacial score (nSPS) is 21.0. The standard InChI is InChI=1S/C16H21FN2O2/c1-4-10(2)15-16(21)19(8-7-14(20)18-15)12-6-5-11(3)13(17)9-12/h5-6,9-10,15H,4,7-8H2,1-3H3,(H,18,20). The van der Waals surface area contributed by atoms with E-state index < -0.39 is 6.04 Å². The maximum absolute atomic E-state index is 13.7. The quantitative estimate of drug-likeness (QED) is 0.930. The molecule has 0 aromatic heterocycles. The summed E-state index contributed by atoms with van der Waals surface area (Å²) in [6.45, 7) is 5.86. The Bertz CT molecular complexity index is 559. The monoisotopic (exact) mass is 292 g/mol. The molecule has 1 saturated heterocycles. The minimum absolute atomic E-state index is 0.0392. The van der Waals surface area contributed by atoms with E-state index in [9.17, 15) is 14.0 Å². The highest BCUT2D eigenvalue weighted by molar-refractivity contribution is 6.01. The SMILES string of the molecule is CCC(C)C1NC(=O)CCN(c2ccc(C)c(F)c2)C1=O. The van der Waals surface area contributed by atoms with Crippen LogP contribution in [0.3, 0.4) is 0 Å². The zero-order valence-corrected chi connectivity index (χ0v) is 12.6. The number of aryl methyl sites for hydroxylation is 1. The molecule has 0 radical (unpaired) electrons. The van der Waals surface area contributed by atoms with Crippen LogP contribution in [-0.4, -0.2) is 24.4 Å². The van der Waals surface area contributed by atoms with Crippen molar-refractivity contribution in [2.75, 3.05) is 11.4 Å². The highest BCUT2D eigenvalue weighted by Crippen LogP contribution is 2.23. The Morgan fingerprint density at radius 1 is 1.43 bits per heavy atom. The van der Waals surface area contributed by atoms with Crippen LogP contribution in [0.25, 0.3) is 0 Å². The first kappa shape index (κ1) is 15.5. The van der Waals surface area contributed by atoms with Crippen molar-refractivity contribution >= 4 is 17.5 Å².